The minimum absolute atomic E-state index is 0.162. The number of ether oxygens (including phenoxy) is 1. The molecule has 2 heterocycles. The molecule has 1 aliphatic heterocycles. The normalized spacial score (nSPS) is 29.2. The van der Waals surface area contributed by atoms with E-state index in [1.54, 1.807) is 0 Å². The quantitative estimate of drug-likeness (QED) is 0.494. The summed E-state index contributed by atoms with van der Waals surface area (Å²) < 4.78 is 86.5. The number of aromatic nitrogens is 2. The monoisotopic (exact) mass is 447 g/mol. The van der Waals surface area contributed by atoms with Crippen LogP contribution in [0.1, 0.15) is 50.3 Å². The van der Waals surface area contributed by atoms with E-state index in [0.29, 0.717) is 38.1 Å². The molecule has 1 saturated carbocycles. The van der Waals surface area contributed by atoms with Gasteiger partial charge in [0.25, 0.3) is 5.22 Å². The van der Waals surface area contributed by atoms with E-state index in [-0.39, 0.29) is 23.3 Å². The van der Waals surface area contributed by atoms with Gasteiger partial charge >= 0.3 is 12.4 Å². The highest BCUT2D eigenvalue weighted by Crippen LogP contribution is 2.43. The average molecular weight is 447 g/mol. The Labute approximate surface area is 168 Å². The first-order valence-electron chi connectivity index (χ1n) is 9.56. The fourth-order valence-electron chi connectivity index (χ4n) is 3.84. The summed E-state index contributed by atoms with van der Waals surface area (Å²) in [5.41, 5.74) is 0. The first-order valence-corrected chi connectivity index (χ1v) is 10.5. The van der Waals surface area contributed by atoms with Gasteiger partial charge in [0.1, 0.15) is 12.8 Å². The van der Waals surface area contributed by atoms with Crippen molar-refractivity contribution in [2.45, 2.75) is 68.2 Å². The van der Waals surface area contributed by atoms with Crippen molar-refractivity contribution in [1.82, 2.24) is 15.5 Å². The zero-order valence-corrected chi connectivity index (χ0v) is 16.4. The van der Waals surface area contributed by atoms with Crippen LogP contribution in [0.15, 0.2) is 9.64 Å². The van der Waals surface area contributed by atoms with Crippen LogP contribution in [0.5, 0.6) is 0 Å². The molecule has 5 nitrogen and oxygen atoms in total. The molecular weight excluding hydrogens is 424 g/mol. The number of nitrogens with zero attached hydrogens (tertiary/aromatic N) is 2. The molecule has 4 unspecified atom stereocenters. The van der Waals surface area contributed by atoms with Gasteiger partial charge in [0, 0.05) is 12.3 Å². The molecule has 1 aromatic heterocycles. The van der Waals surface area contributed by atoms with E-state index in [1.807, 2.05) is 0 Å². The van der Waals surface area contributed by atoms with Gasteiger partial charge in [-0.3, -0.25) is 5.32 Å². The maximum Gasteiger partial charge on any atom is 0.411 e. The van der Waals surface area contributed by atoms with Gasteiger partial charge in [-0.15, -0.1) is 10.2 Å². The molecule has 4 atom stereocenters. The number of nitrogens with one attached hydrogen (secondary N) is 1. The number of piperidine rings is 1. The lowest BCUT2D eigenvalue weighted by Gasteiger charge is -2.32. The lowest BCUT2D eigenvalue weighted by Crippen LogP contribution is -2.41. The highest BCUT2D eigenvalue weighted by molar-refractivity contribution is 7.99. The van der Waals surface area contributed by atoms with E-state index >= 15 is 0 Å². The van der Waals surface area contributed by atoms with E-state index in [2.05, 4.69) is 15.5 Å². The van der Waals surface area contributed by atoms with Gasteiger partial charge in [-0.05, 0) is 31.6 Å². The second-order valence-corrected chi connectivity index (χ2v) is 8.48. The molecule has 2 fully saturated rings. The van der Waals surface area contributed by atoms with Gasteiger partial charge in [0.2, 0.25) is 5.89 Å². The van der Waals surface area contributed by atoms with Crippen molar-refractivity contribution in [3.05, 3.63) is 5.89 Å². The number of halogens is 6. The predicted molar refractivity (Wildman–Crippen MR) is 92.3 cm³/mol. The van der Waals surface area contributed by atoms with E-state index in [4.69, 9.17) is 9.15 Å². The smallest absolute Gasteiger partial charge is 0.411 e. The van der Waals surface area contributed by atoms with Gasteiger partial charge in [0.05, 0.1) is 11.8 Å². The highest BCUT2D eigenvalue weighted by atomic mass is 32.2. The molecule has 29 heavy (non-hydrogen) atoms. The Morgan fingerprint density at radius 2 is 1.79 bits per heavy atom. The molecule has 0 radical (unpaired) electrons. The summed E-state index contributed by atoms with van der Waals surface area (Å²) in [6.07, 6.45) is -6.29. The standard InChI is InChI=1S/C17H23F6N3O2S/c18-16(19,20)9-27-13-6-5-10(7-24-13)14-25-26-15(28-14)29-8-11-3-1-2-4-12(11)17(21,22)23/h10-13,24H,1-9H2. The van der Waals surface area contributed by atoms with Crippen LogP contribution < -0.4 is 5.32 Å². The number of rotatable bonds is 6. The van der Waals surface area contributed by atoms with Gasteiger partial charge in [0.15, 0.2) is 0 Å². The molecule has 1 saturated heterocycles. The molecule has 166 valence electrons. The summed E-state index contributed by atoms with van der Waals surface area (Å²) in [6, 6.07) is 0. The molecule has 1 aromatic rings. The summed E-state index contributed by atoms with van der Waals surface area (Å²) in [5.74, 6) is -1.32. The van der Waals surface area contributed by atoms with Crippen LogP contribution in [0, 0.1) is 11.8 Å². The Bertz CT molecular complexity index is 646. The molecule has 0 bridgehead atoms. The van der Waals surface area contributed by atoms with Crippen LogP contribution in [0.25, 0.3) is 0 Å². The molecule has 0 spiro atoms. The fraction of sp³-hybridized carbons (Fsp3) is 0.882. The lowest BCUT2D eigenvalue weighted by atomic mass is 9.80. The van der Waals surface area contributed by atoms with Crippen molar-refractivity contribution in [2.24, 2.45) is 11.8 Å². The van der Waals surface area contributed by atoms with Crippen LogP contribution >= 0.6 is 11.8 Å². The van der Waals surface area contributed by atoms with E-state index in [1.165, 1.54) is 0 Å². The highest BCUT2D eigenvalue weighted by Gasteiger charge is 2.45. The van der Waals surface area contributed by atoms with Gasteiger partial charge < -0.3 is 9.15 Å². The predicted octanol–water partition coefficient (Wildman–Crippen LogP) is 4.90. The molecule has 1 aliphatic carbocycles. The maximum absolute atomic E-state index is 13.2. The number of hydrogen-bond donors (Lipinski definition) is 1. The van der Waals surface area contributed by atoms with E-state index in [9.17, 15) is 26.3 Å². The molecule has 0 amide bonds. The summed E-state index contributed by atoms with van der Waals surface area (Å²) in [4.78, 5) is 0. The van der Waals surface area contributed by atoms with Crippen LogP contribution in [-0.4, -0.2) is 47.7 Å². The lowest BCUT2D eigenvalue weighted by molar-refractivity contribution is -0.193. The molecular formula is C17H23F6N3O2S. The SMILES string of the molecule is FC(F)(F)COC1CCC(c2nnc(SCC3CCCCC3C(F)(F)F)o2)CN1. The number of thioether (sulfide) groups is 1. The summed E-state index contributed by atoms with van der Waals surface area (Å²) in [6.45, 7) is -0.982. The van der Waals surface area contributed by atoms with Crippen LogP contribution in [0.4, 0.5) is 26.3 Å². The van der Waals surface area contributed by atoms with Crippen molar-refractivity contribution >= 4 is 11.8 Å². The Morgan fingerprint density at radius 1 is 1.03 bits per heavy atom. The first-order chi connectivity index (χ1) is 13.6. The molecule has 2 aliphatic rings. The largest absolute Gasteiger partial charge is 0.416 e. The Morgan fingerprint density at radius 3 is 2.45 bits per heavy atom. The van der Waals surface area contributed by atoms with Crippen molar-refractivity contribution in [2.75, 3.05) is 18.9 Å². The van der Waals surface area contributed by atoms with Crippen molar-refractivity contribution in [1.29, 1.82) is 0 Å². The van der Waals surface area contributed by atoms with Gasteiger partial charge in [-0.1, -0.05) is 24.6 Å². The average Bonchev–Trinajstić information content (AvgIpc) is 3.13. The zero-order valence-electron chi connectivity index (χ0n) is 15.6. The van der Waals surface area contributed by atoms with Crippen LogP contribution in [-0.2, 0) is 4.74 Å². The maximum atomic E-state index is 13.2. The fourth-order valence-corrected chi connectivity index (χ4v) is 4.84. The zero-order chi connectivity index (χ0) is 21.1. The van der Waals surface area contributed by atoms with E-state index < -0.39 is 37.0 Å². The van der Waals surface area contributed by atoms with E-state index in [0.717, 1.165) is 18.2 Å². The minimum atomic E-state index is -4.37. The van der Waals surface area contributed by atoms with Crippen LogP contribution in [0.2, 0.25) is 0 Å². The second kappa shape index (κ2) is 9.42. The van der Waals surface area contributed by atoms with Crippen molar-refractivity contribution < 1.29 is 35.5 Å². The summed E-state index contributed by atoms with van der Waals surface area (Å²) >= 11 is 1.13. The van der Waals surface area contributed by atoms with Gasteiger partial charge in [-0.2, -0.15) is 26.3 Å². The summed E-state index contributed by atoms with van der Waals surface area (Å²) in [5, 5.41) is 11.0. The van der Waals surface area contributed by atoms with Crippen molar-refractivity contribution in [3.63, 3.8) is 0 Å². The second-order valence-electron chi connectivity index (χ2n) is 7.51. The number of alkyl halides is 6. The minimum Gasteiger partial charge on any atom is -0.416 e. The first kappa shape index (κ1) is 22.7. The molecule has 3 rings (SSSR count). The Hall–Kier alpha value is -1.01. The van der Waals surface area contributed by atoms with Crippen LogP contribution in [0.3, 0.4) is 0 Å². The molecule has 0 aromatic carbocycles. The number of hydrogen-bond acceptors (Lipinski definition) is 6. The molecule has 12 heteroatoms. The summed E-state index contributed by atoms with van der Waals surface area (Å²) in [7, 11) is 0. The van der Waals surface area contributed by atoms with Crippen molar-refractivity contribution in [3.8, 4) is 0 Å². The third-order valence-corrected chi connectivity index (χ3v) is 6.35. The molecule has 1 N–H and O–H groups in total. The Kier molecular flexibility index (Phi) is 7.36. The third kappa shape index (κ3) is 6.74. The van der Waals surface area contributed by atoms with Gasteiger partial charge in [-0.25, -0.2) is 0 Å². The topological polar surface area (TPSA) is 60.2 Å². The third-order valence-electron chi connectivity index (χ3n) is 5.34. The Balaban J connectivity index is 1.46.